The Morgan fingerprint density at radius 2 is 2.00 bits per heavy atom. The number of anilines is 1. The van der Waals surface area contributed by atoms with E-state index in [0.29, 0.717) is 44.2 Å². The Hall–Kier alpha value is -3.03. The first-order chi connectivity index (χ1) is 13.4. The SMILES string of the molecule is CC1=C(C(N)=O)C(c2cccc(Cl)c2Cl)n2nc(-c3cccc(O)c3)nc2N1. The summed E-state index contributed by atoms with van der Waals surface area (Å²) in [6.07, 6.45) is 0. The maximum Gasteiger partial charge on any atom is 0.248 e. The first-order valence-electron chi connectivity index (χ1n) is 8.34. The molecule has 9 heteroatoms. The number of phenols is 1. The standard InChI is InChI=1S/C19H15Cl2N5O2/c1-9-14(17(22)28)16(12-6-3-7-13(20)15(12)21)26-19(23-9)24-18(25-26)10-4-2-5-11(27)8-10/h2-8,16,27H,1H3,(H2,22,28)(H,23,24,25). The van der Waals surface area contributed by atoms with E-state index in [-0.39, 0.29) is 5.75 Å². The number of hydrogen-bond acceptors (Lipinski definition) is 5. The quantitative estimate of drug-likeness (QED) is 0.603. The van der Waals surface area contributed by atoms with Gasteiger partial charge in [0, 0.05) is 16.8 Å². The molecule has 0 saturated heterocycles. The summed E-state index contributed by atoms with van der Waals surface area (Å²) in [5, 5.41) is 18.0. The molecular weight excluding hydrogens is 401 g/mol. The second-order valence-corrected chi connectivity index (χ2v) is 7.11. The van der Waals surface area contributed by atoms with Crippen LogP contribution in [0.15, 0.2) is 53.7 Å². The van der Waals surface area contributed by atoms with E-state index in [9.17, 15) is 9.90 Å². The minimum absolute atomic E-state index is 0.0970. The van der Waals surface area contributed by atoms with Crippen LogP contribution in [0.4, 0.5) is 5.95 Å². The van der Waals surface area contributed by atoms with Crippen LogP contribution in [0.2, 0.25) is 10.0 Å². The van der Waals surface area contributed by atoms with E-state index in [1.54, 1.807) is 54.1 Å². The Bertz CT molecular complexity index is 1140. The second kappa shape index (κ2) is 6.85. The van der Waals surface area contributed by atoms with Crippen molar-refractivity contribution in [1.29, 1.82) is 0 Å². The van der Waals surface area contributed by atoms with Gasteiger partial charge in [-0.1, -0.05) is 47.5 Å². The predicted molar refractivity (Wildman–Crippen MR) is 107 cm³/mol. The summed E-state index contributed by atoms with van der Waals surface area (Å²) in [6, 6.07) is 11.1. The number of primary amides is 1. The lowest BCUT2D eigenvalue weighted by Crippen LogP contribution is -2.32. The van der Waals surface area contributed by atoms with Crippen LogP contribution < -0.4 is 11.1 Å². The Morgan fingerprint density at radius 3 is 2.71 bits per heavy atom. The summed E-state index contributed by atoms with van der Waals surface area (Å²) >= 11 is 12.6. The molecule has 28 heavy (non-hydrogen) atoms. The van der Waals surface area contributed by atoms with E-state index in [1.165, 1.54) is 0 Å². The summed E-state index contributed by atoms with van der Waals surface area (Å²) in [4.78, 5) is 16.7. The van der Waals surface area contributed by atoms with Gasteiger partial charge in [0.15, 0.2) is 5.82 Å². The van der Waals surface area contributed by atoms with Crippen molar-refractivity contribution in [2.75, 3.05) is 5.32 Å². The molecule has 2 aromatic carbocycles. The molecule has 1 amide bonds. The molecule has 2 heterocycles. The molecule has 4 N–H and O–H groups in total. The largest absolute Gasteiger partial charge is 0.508 e. The lowest BCUT2D eigenvalue weighted by atomic mass is 9.95. The van der Waals surface area contributed by atoms with Gasteiger partial charge in [0.05, 0.1) is 15.6 Å². The number of aromatic hydroxyl groups is 1. The third-order valence-corrected chi connectivity index (χ3v) is 5.33. The third-order valence-electron chi connectivity index (χ3n) is 4.50. The molecule has 0 saturated carbocycles. The van der Waals surface area contributed by atoms with Gasteiger partial charge in [0.25, 0.3) is 0 Å². The molecule has 0 aliphatic carbocycles. The molecule has 1 aromatic heterocycles. The van der Waals surface area contributed by atoms with Gasteiger partial charge in [-0.2, -0.15) is 4.98 Å². The monoisotopic (exact) mass is 415 g/mol. The van der Waals surface area contributed by atoms with Crippen LogP contribution in [0.3, 0.4) is 0 Å². The maximum absolute atomic E-state index is 12.2. The fourth-order valence-electron chi connectivity index (χ4n) is 3.26. The molecule has 7 nitrogen and oxygen atoms in total. The van der Waals surface area contributed by atoms with Crippen LogP contribution in [0.1, 0.15) is 18.5 Å². The Kier molecular flexibility index (Phi) is 4.49. The molecule has 4 rings (SSSR count). The number of aromatic nitrogens is 3. The number of allylic oxidation sites excluding steroid dienone is 1. The topological polar surface area (TPSA) is 106 Å². The number of phenolic OH excluding ortho intramolecular Hbond substituents is 1. The second-order valence-electron chi connectivity index (χ2n) is 6.33. The number of fused-ring (bicyclic) bond motifs is 1. The van der Waals surface area contributed by atoms with Crippen molar-refractivity contribution in [2.45, 2.75) is 13.0 Å². The van der Waals surface area contributed by atoms with Crippen LogP contribution in [0, 0.1) is 0 Å². The molecular formula is C19H15Cl2N5O2. The van der Waals surface area contributed by atoms with Crippen LogP contribution in [0.5, 0.6) is 5.75 Å². The third kappa shape index (κ3) is 2.98. The van der Waals surface area contributed by atoms with Crippen LogP contribution in [-0.4, -0.2) is 25.8 Å². The van der Waals surface area contributed by atoms with Gasteiger partial charge in [-0.3, -0.25) is 4.79 Å². The lowest BCUT2D eigenvalue weighted by molar-refractivity contribution is -0.115. The zero-order valence-electron chi connectivity index (χ0n) is 14.6. The fourth-order valence-corrected chi connectivity index (χ4v) is 3.67. The van der Waals surface area contributed by atoms with E-state index in [0.717, 1.165) is 0 Å². The fraction of sp³-hybridized carbons (Fsp3) is 0.105. The number of nitrogens with zero attached hydrogens (tertiary/aromatic N) is 3. The lowest BCUT2D eigenvalue weighted by Gasteiger charge is -2.28. The number of carbonyl (C=O) groups excluding carboxylic acids is 1. The van der Waals surface area contributed by atoms with Gasteiger partial charge in [-0.05, 0) is 25.1 Å². The number of benzene rings is 2. The molecule has 3 aromatic rings. The van der Waals surface area contributed by atoms with Gasteiger partial charge in [-0.15, -0.1) is 5.10 Å². The van der Waals surface area contributed by atoms with Crippen molar-refractivity contribution >= 4 is 35.1 Å². The number of halogens is 2. The summed E-state index contributed by atoms with van der Waals surface area (Å²) in [5.41, 5.74) is 7.73. The van der Waals surface area contributed by atoms with Crippen molar-refractivity contribution in [3.05, 3.63) is 69.3 Å². The molecule has 1 aliphatic rings. The predicted octanol–water partition coefficient (Wildman–Crippen LogP) is 3.73. The molecule has 1 unspecified atom stereocenters. The minimum Gasteiger partial charge on any atom is -0.508 e. The van der Waals surface area contributed by atoms with E-state index in [1.807, 2.05) is 0 Å². The number of amides is 1. The van der Waals surface area contributed by atoms with Crippen LogP contribution in [-0.2, 0) is 4.79 Å². The average molecular weight is 416 g/mol. The zero-order chi connectivity index (χ0) is 20.0. The Labute approximate surface area is 170 Å². The zero-order valence-corrected chi connectivity index (χ0v) is 16.2. The van der Waals surface area contributed by atoms with E-state index in [2.05, 4.69) is 15.4 Å². The minimum atomic E-state index is -0.696. The molecule has 0 spiro atoms. The number of carbonyl (C=O) groups is 1. The van der Waals surface area contributed by atoms with Crippen molar-refractivity contribution in [1.82, 2.24) is 14.8 Å². The average Bonchev–Trinajstić information content (AvgIpc) is 3.06. The summed E-state index contributed by atoms with van der Waals surface area (Å²) in [6.45, 7) is 1.73. The molecule has 0 fully saturated rings. The normalized spacial score (nSPS) is 15.9. The number of hydrogen-bond donors (Lipinski definition) is 3. The van der Waals surface area contributed by atoms with Gasteiger partial charge in [0.2, 0.25) is 11.9 Å². The first kappa shape index (κ1) is 18.3. The van der Waals surface area contributed by atoms with Crippen LogP contribution >= 0.6 is 23.2 Å². The summed E-state index contributed by atoms with van der Waals surface area (Å²) < 4.78 is 1.55. The maximum atomic E-state index is 12.2. The van der Waals surface area contributed by atoms with Crippen LogP contribution in [0.25, 0.3) is 11.4 Å². The highest BCUT2D eigenvalue weighted by atomic mass is 35.5. The Balaban J connectivity index is 1.93. The van der Waals surface area contributed by atoms with E-state index >= 15 is 0 Å². The van der Waals surface area contributed by atoms with E-state index in [4.69, 9.17) is 28.9 Å². The number of nitrogens with one attached hydrogen (secondary N) is 1. The number of rotatable bonds is 3. The van der Waals surface area contributed by atoms with Crippen molar-refractivity contribution in [3.8, 4) is 17.1 Å². The van der Waals surface area contributed by atoms with Gasteiger partial charge in [-0.25, -0.2) is 4.68 Å². The van der Waals surface area contributed by atoms with Crippen molar-refractivity contribution in [3.63, 3.8) is 0 Å². The highest BCUT2D eigenvalue weighted by molar-refractivity contribution is 6.42. The summed E-state index contributed by atoms with van der Waals surface area (Å²) in [5.74, 6) is 0.285. The molecule has 0 bridgehead atoms. The highest BCUT2D eigenvalue weighted by Crippen LogP contribution is 2.40. The smallest absolute Gasteiger partial charge is 0.248 e. The molecule has 1 atom stereocenters. The first-order valence-corrected chi connectivity index (χ1v) is 9.10. The highest BCUT2D eigenvalue weighted by Gasteiger charge is 2.34. The van der Waals surface area contributed by atoms with E-state index < -0.39 is 11.9 Å². The van der Waals surface area contributed by atoms with Gasteiger partial charge >= 0.3 is 0 Å². The molecule has 142 valence electrons. The summed E-state index contributed by atoms with van der Waals surface area (Å²) in [7, 11) is 0. The molecule has 1 aliphatic heterocycles. The van der Waals surface area contributed by atoms with Crippen molar-refractivity contribution < 1.29 is 9.90 Å². The number of nitrogens with two attached hydrogens (primary N) is 1. The van der Waals surface area contributed by atoms with Crippen molar-refractivity contribution in [2.24, 2.45) is 5.73 Å². The van der Waals surface area contributed by atoms with Gasteiger partial charge in [0.1, 0.15) is 11.8 Å². The molecule has 0 radical (unpaired) electrons. The Morgan fingerprint density at radius 1 is 1.25 bits per heavy atom. The van der Waals surface area contributed by atoms with Gasteiger partial charge < -0.3 is 16.2 Å².